The number of pyridine rings is 1. The lowest BCUT2D eigenvalue weighted by Gasteiger charge is -2.20. The van der Waals surface area contributed by atoms with Gasteiger partial charge in [-0.15, -0.1) is 0 Å². The summed E-state index contributed by atoms with van der Waals surface area (Å²) in [6, 6.07) is 3.21. The summed E-state index contributed by atoms with van der Waals surface area (Å²) in [5, 5.41) is 8.70. The molecule has 0 bridgehead atoms. The molecule has 1 fully saturated rings. The number of ether oxygens (including phenoxy) is 1. The molecular weight excluding hydrogens is 248 g/mol. The maximum absolute atomic E-state index is 11.9. The second-order valence-electron chi connectivity index (χ2n) is 4.38. The van der Waals surface area contributed by atoms with Crippen molar-refractivity contribution < 1.29 is 19.4 Å². The highest BCUT2D eigenvalue weighted by molar-refractivity contribution is 5.85. The third-order valence-corrected chi connectivity index (χ3v) is 2.97. The van der Waals surface area contributed by atoms with Crippen LogP contribution in [-0.2, 0) is 4.79 Å². The minimum Gasteiger partial charge on any atom is -0.482 e. The van der Waals surface area contributed by atoms with Gasteiger partial charge in [-0.1, -0.05) is 0 Å². The zero-order chi connectivity index (χ0) is 13.8. The number of carboxylic acid groups (broad SMARTS) is 1. The van der Waals surface area contributed by atoms with E-state index in [0.29, 0.717) is 18.3 Å². The van der Waals surface area contributed by atoms with Crippen LogP contribution in [0.25, 0.3) is 0 Å². The summed E-state index contributed by atoms with van der Waals surface area (Å²) in [7, 11) is 0. The normalized spacial score (nSPS) is 13.9. The highest BCUT2D eigenvalue weighted by atomic mass is 16.5. The summed E-state index contributed by atoms with van der Waals surface area (Å²) in [6.45, 7) is 2.58. The first-order valence-electron chi connectivity index (χ1n) is 6.23. The molecule has 0 spiro atoms. The Morgan fingerprint density at radius 3 is 2.68 bits per heavy atom. The molecule has 1 N–H and O–H groups in total. The van der Waals surface area contributed by atoms with E-state index in [1.807, 2.05) is 6.92 Å². The molecule has 0 saturated heterocycles. The summed E-state index contributed by atoms with van der Waals surface area (Å²) >= 11 is 0. The summed E-state index contributed by atoms with van der Waals surface area (Å²) in [5.74, 6) is -0.744. The van der Waals surface area contributed by atoms with E-state index in [-0.39, 0.29) is 18.2 Å². The number of aromatic carboxylic acids is 1. The van der Waals surface area contributed by atoms with E-state index in [1.165, 1.54) is 18.3 Å². The van der Waals surface area contributed by atoms with E-state index in [2.05, 4.69) is 4.98 Å². The fraction of sp³-hybridized carbons (Fsp3) is 0.462. The van der Waals surface area contributed by atoms with Crippen LogP contribution < -0.4 is 4.74 Å². The zero-order valence-electron chi connectivity index (χ0n) is 10.7. The van der Waals surface area contributed by atoms with Crippen LogP contribution in [0.5, 0.6) is 5.75 Å². The number of carbonyl (C=O) groups excluding carboxylic acids is 1. The van der Waals surface area contributed by atoms with Gasteiger partial charge in [-0.3, -0.25) is 4.79 Å². The minimum absolute atomic E-state index is 0.0432. The van der Waals surface area contributed by atoms with Crippen molar-refractivity contribution in [2.75, 3.05) is 13.2 Å². The summed E-state index contributed by atoms with van der Waals surface area (Å²) in [5.41, 5.74) is -0.0492. The van der Waals surface area contributed by atoms with Gasteiger partial charge in [-0.05, 0) is 31.9 Å². The van der Waals surface area contributed by atoms with Gasteiger partial charge in [0.25, 0.3) is 5.91 Å². The van der Waals surface area contributed by atoms with Crippen LogP contribution in [0, 0.1) is 0 Å². The van der Waals surface area contributed by atoms with Crippen molar-refractivity contribution >= 4 is 11.9 Å². The Kier molecular flexibility index (Phi) is 3.99. The first-order valence-corrected chi connectivity index (χ1v) is 6.23. The van der Waals surface area contributed by atoms with E-state index in [9.17, 15) is 9.59 Å². The summed E-state index contributed by atoms with van der Waals surface area (Å²) in [6.07, 6.45) is 3.44. The lowest BCUT2D eigenvalue weighted by atomic mass is 10.3. The van der Waals surface area contributed by atoms with Gasteiger partial charge in [-0.25, -0.2) is 9.78 Å². The molecule has 19 heavy (non-hydrogen) atoms. The molecule has 6 nitrogen and oxygen atoms in total. The Labute approximate surface area is 111 Å². The van der Waals surface area contributed by atoms with Gasteiger partial charge in [0.05, 0.1) is 6.20 Å². The molecule has 0 unspecified atom stereocenters. The number of nitrogens with zero attached hydrogens (tertiary/aromatic N) is 2. The fourth-order valence-electron chi connectivity index (χ4n) is 1.84. The zero-order valence-corrected chi connectivity index (χ0v) is 10.7. The molecule has 2 rings (SSSR count). The molecule has 0 atom stereocenters. The number of likely N-dealkylation sites (N-methyl/N-ethyl adjacent to an activating group) is 1. The van der Waals surface area contributed by atoms with Crippen molar-refractivity contribution in [1.82, 2.24) is 9.88 Å². The highest BCUT2D eigenvalue weighted by Gasteiger charge is 2.31. The van der Waals surface area contributed by atoms with Crippen LogP contribution in [0.2, 0.25) is 0 Å². The Bertz CT molecular complexity index is 468. The predicted molar refractivity (Wildman–Crippen MR) is 67.1 cm³/mol. The molecule has 1 saturated carbocycles. The van der Waals surface area contributed by atoms with E-state index in [4.69, 9.17) is 9.84 Å². The van der Waals surface area contributed by atoms with Gasteiger partial charge < -0.3 is 14.7 Å². The van der Waals surface area contributed by atoms with Gasteiger partial charge >= 0.3 is 5.97 Å². The average Bonchev–Trinajstić information content (AvgIpc) is 3.22. The summed E-state index contributed by atoms with van der Waals surface area (Å²) in [4.78, 5) is 28.0. The lowest BCUT2D eigenvalue weighted by molar-refractivity contribution is -0.133. The Hall–Kier alpha value is -2.11. The maximum atomic E-state index is 11.9. The van der Waals surface area contributed by atoms with Gasteiger partial charge in [-0.2, -0.15) is 0 Å². The van der Waals surface area contributed by atoms with Gasteiger partial charge in [0, 0.05) is 12.6 Å². The van der Waals surface area contributed by atoms with Crippen molar-refractivity contribution in [3.63, 3.8) is 0 Å². The number of carbonyl (C=O) groups is 2. The van der Waals surface area contributed by atoms with Crippen LogP contribution >= 0.6 is 0 Å². The smallest absolute Gasteiger partial charge is 0.354 e. The van der Waals surface area contributed by atoms with Gasteiger partial charge in [0.1, 0.15) is 11.4 Å². The topological polar surface area (TPSA) is 79.7 Å². The Balaban J connectivity index is 1.87. The van der Waals surface area contributed by atoms with Crippen molar-refractivity contribution in [1.29, 1.82) is 0 Å². The van der Waals surface area contributed by atoms with Crippen LogP contribution in [-0.4, -0.2) is 46.1 Å². The number of rotatable bonds is 6. The van der Waals surface area contributed by atoms with Crippen LogP contribution in [0.3, 0.4) is 0 Å². The van der Waals surface area contributed by atoms with Crippen molar-refractivity contribution in [2.45, 2.75) is 25.8 Å². The number of hydrogen-bond acceptors (Lipinski definition) is 4. The maximum Gasteiger partial charge on any atom is 0.354 e. The standard InChI is InChI=1S/C13H16N2O4/c1-2-15(9-3-4-9)12(16)8-19-10-5-6-11(13(17)18)14-7-10/h5-7,9H,2-4,8H2,1H3,(H,17,18). The van der Waals surface area contributed by atoms with Crippen LogP contribution in [0.15, 0.2) is 18.3 Å². The van der Waals surface area contributed by atoms with Crippen molar-refractivity contribution in [2.24, 2.45) is 0 Å². The predicted octanol–water partition coefficient (Wildman–Crippen LogP) is 1.17. The summed E-state index contributed by atoms with van der Waals surface area (Å²) < 4.78 is 5.32. The molecule has 6 heteroatoms. The third-order valence-electron chi connectivity index (χ3n) is 2.97. The van der Waals surface area contributed by atoms with Crippen molar-refractivity contribution in [3.05, 3.63) is 24.0 Å². The molecule has 1 amide bonds. The SMILES string of the molecule is CCN(C(=O)COc1ccc(C(=O)O)nc1)C1CC1. The van der Waals surface area contributed by atoms with Crippen molar-refractivity contribution in [3.8, 4) is 5.75 Å². The number of aromatic nitrogens is 1. The number of carboxylic acids is 1. The molecule has 1 aliphatic rings. The Morgan fingerprint density at radius 1 is 1.47 bits per heavy atom. The first-order chi connectivity index (χ1) is 9.11. The number of hydrogen-bond donors (Lipinski definition) is 1. The monoisotopic (exact) mass is 264 g/mol. The molecular formula is C13H16N2O4. The second kappa shape index (κ2) is 5.69. The molecule has 1 heterocycles. The molecule has 0 aromatic carbocycles. The minimum atomic E-state index is -1.09. The second-order valence-corrected chi connectivity index (χ2v) is 4.38. The number of amides is 1. The van der Waals surface area contributed by atoms with E-state index in [1.54, 1.807) is 4.90 Å². The Morgan fingerprint density at radius 2 is 2.21 bits per heavy atom. The van der Waals surface area contributed by atoms with E-state index >= 15 is 0 Å². The molecule has 1 aromatic rings. The van der Waals surface area contributed by atoms with Crippen LogP contribution in [0.1, 0.15) is 30.3 Å². The molecule has 102 valence electrons. The molecule has 0 radical (unpaired) electrons. The van der Waals surface area contributed by atoms with E-state index < -0.39 is 5.97 Å². The van der Waals surface area contributed by atoms with Gasteiger partial charge in [0.15, 0.2) is 6.61 Å². The van der Waals surface area contributed by atoms with Gasteiger partial charge in [0.2, 0.25) is 0 Å². The third kappa shape index (κ3) is 3.43. The lowest BCUT2D eigenvalue weighted by Crippen LogP contribution is -2.36. The highest BCUT2D eigenvalue weighted by Crippen LogP contribution is 2.26. The molecule has 1 aromatic heterocycles. The molecule has 1 aliphatic carbocycles. The van der Waals surface area contributed by atoms with E-state index in [0.717, 1.165) is 12.8 Å². The first kappa shape index (κ1) is 13.3. The fourth-order valence-corrected chi connectivity index (χ4v) is 1.84. The van der Waals surface area contributed by atoms with Crippen LogP contribution in [0.4, 0.5) is 0 Å². The molecule has 0 aliphatic heterocycles. The largest absolute Gasteiger partial charge is 0.482 e. The quantitative estimate of drug-likeness (QED) is 0.834. The average molecular weight is 264 g/mol.